The SMILES string of the molecule is C1=c2c(ccc3c2=CCc2ccccc2-3)CCC1.O=C(OC(=O)c1ccccc1)c1ccccc1. The number of rotatable bonds is 2. The summed E-state index contributed by atoms with van der Waals surface area (Å²) in [5.41, 5.74) is 6.57. The molecule has 35 heavy (non-hydrogen) atoms. The van der Waals surface area contributed by atoms with E-state index in [0.717, 1.165) is 6.42 Å². The second-order valence-corrected chi connectivity index (χ2v) is 8.67. The molecule has 0 aliphatic heterocycles. The van der Waals surface area contributed by atoms with E-state index in [-0.39, 0.29) is 0 Å². The molecular weight excluding hydrogens is 432 g/mol. The van der Waals surface area contributed by atoms with Crippen LogP contribution >= 0.6 is 0 Å². The summed E-state index contributed by atoms with van der Waals surface area (Å²) in [7, 11) is 0. The van der Waals surface area contributed by atoms with E-state index in [1.165, 1.54) is 52.0 Å². The number of carbonyl (C=O) groups excluding carboxylic acids is 2. The lowest BCUT2D eigenvalue weighted by atomic mass is 9.87. The third-order valence-electron chi connectivity index (χ3n) is 6.41. The first-order valence-corrected chi connectivity index (χ1v) is 12.0. The van der Waals surface area contributed by atoms with Gasteiger partial charge in [-0.15, -0.1) is 0 Å². The highest BCUT2D eigenvalue weighted by molar-refractivity contribution is 6.02. The summed E-state index contributed by atoms with van der Waals surface area (Å²) in [6.07, 6.45) is 9.71. The van der Waals surface area contributed by atoms with Crippen molar-refractivity contribution in [1.82, 2.24) is 0 Å². The average Bonchev–Trinajstić information content (AvgIpc) is 2.94. The Morgan fingerprint density at radius 2 is 1.20 bits per heavy atom. The van der Waals surface area contributed by atoms with E-state index in [0.29, 0.717) is 11.1 Å². The topological polar surface area (TPSA) is 43.4 Å². The first-order chi connectivity index (χ1) is 17.2. The van der Waals surface area contributed by atoms with Crippen molar-refractivity contribution in [3.05, 3.63) is 130 Å². The Bertz CT molecular complexity index is 1440. The minimum absolute atomic E-state index is 0.358. The van der Waals surface area contributed by atoms with Crippen molar-refractivity contribution < 1.29 is 14.3 Å². The predicted molar refractivity (Wildman–Crippen MR) is 139 cm³/mol. The van der Waals surface area contributed by atoms with Gasteiger partial charge in [0.1, 0.15) is 0 Å². The van der Waals surface area contributed by atoms with Gasteiger partial charge in [0.25, 0.3) is 0 Å². The number of carbonyl (C=O) groups is 2. The lowest BCUT2D eigenvalue weighted by Gasteiger charge is -2.17. The molecule has 0 heterocycles. The Morgan fingerprint density at radius 3 is 1.89 bits per heavy atom. The van der Waals surface area contributed by atoms with Crippen LogP contribution < -0.4 is 10.4 Å². The molecule has 2 aliphatic carbocycles. The zero-order valence-corrected chi connectivity index (χ0v) is 19.4. The zero-order chi connectivity index (χ0) is 24.0. The van der Waals surface area contributed by atoms with E-state index >= 15 is 0 Å². The maximum Gasteiger partial charge on any atom is 0.346 e. The summed E-state index contributed by atoms with van der Waals surface area (Å²) < 4.78 is 4.74. The maximum atomic E-state index is 11.6. The number of esters is 2. The van der Waals surface area contributed by atoms with Crippen LogP contribution in [0.1, 0.15) is 44.7 Å². The third kappa shape index (κ3) is 4.99. The average molecular weight is 459 g/mol. The number of aryl methyl sites for hydroxylation is 1. The molecule has 0 saturated heterocycles. The highest BCUT2D eigenvalue weighted by atomic mass is 16.6. The second-order valence-electron chi connectivity index (χ2n) is 8.67. The summed E-state index contributed by atoms with van der Waals surface area (Å²) in [4.78, 5) is 23.2. The van der Waals surface area contributed by atoms with Crippen LogP contribution in [-0.2, 0) is 17.6 Å². The standard InChI is InChI=1S/C18H16.C14H10O3/c1-3-7-15-13(5-1)9-11-18-16-8-4-2-6-14(16)10-12-17(15)18;15-13(11-7-3-1-4-8-11)17-14(16)12-9-5-2-6-10-12/h1,3,5,7-8,10-12H,2,4,6,9H2;1-10H. The summed E-state index contributed by atoms with van der Waals surface area (Å²) >= 11 is 0. The molecule has 0 radical (unpaired) electrons. The summed E-state index contributed by atoms with van der Waals surface area (Å²) in [6.45, 7) is 0. The minimum Gasteiger partial charge on any atom is -0.386 e. The van der Waals surface area contributed by atoms with Gasteiger partial charge in [-0.05, 0) is 82.6 Å². The molecule has 0 aromatic heterocycles. The van der Waals surface area contributed by atoms with Gasteiger partial charge in [0, 0.05) is 0 Å². The molecule has 0 atom stereocenters. The molecule has 0 bridgehead atoms. The highest BCUT2D eigenvalue weighted by Gasteiger charge is 2.14. The van der Waals surface area contributed by atoms with E-state index in [9.17, 15) is 9.59 Å². The van der Waals surface area contributed by atoms with Gasteiger partial charge in [0.05, 0.1) is 11.1 Å². The van der Waals surface area contributed by atoms with Crippen molar-refractivity contribution in [3.63, 3.8) is 0 Å². The van der Waals surface area contributed by atoms with E-state index in [1.807, 2.05) is 0 Å². The van der Waals surface area contributed by atoms with E-state index < -0.39 is 11.9 Å². The van der Waals surface area contributed by atoms with E-state index in [4.69, 9.17) is 4.74 Å². The molecule has 0 amide bonds. The monoisotopic (exact) mass is 458 g/mol. The minimum atomic E-state index is -0.639. The first-order valence-electron chi connectivity index (χ1n) is 12.0. The van der Waals surface area contributed by atoms with Gasteiger partial charge in [-0.2, -0.15) is 0 Å². The van der Waals surface area contributed by atoms with Crippen LogP contribution in [0.3, 0.4) is 0 Å². The summed E-state index contributed by atoms with van der Waals surface area (Å²) in [6, 6.07) is 30.3. The van der Waals surface area contributed by atoms with Crippen molar-refractivity contribution in [3.8, 4) is 11.1 Å². The second kappa shape index (κ2) is 10.4. The van der Waals surface area contributed by atoms with Gasteiger partial charge in [0.2, 0.25) is 0 Å². The van der Waals surface area contributed by atoms with Gasteiger partial charge >= 0.3 is 11.9 Å². The Hall–Kier alpha value is -4.24. The molecule has 4 aromatic carbocycles. The Kier molecular flexibility index (Phi) is 6.67. The number of ether oxygens (including phenoxy) is 1. The van der Waals surface area contributed by atoms with E-state index in [2.05, 4.69) is 48.6 Å². The van der Waals surface area contributed by atoms with Crippen LogP contribution in [0.15, 0.2) is 97.1 Å². The fourth-order valence-electron chi connectivity index (χ4n) is 4.66. The van der Waals surface area contributed by atoms with Crippen LogP contribution in [0, 0.1) is 0 Å². The fourth-order valence-corrected chi connectivity index (χ4v) is 4.66. The van der Waals surface area contributed by atoms with E-state index in [1.54, 1.807) is 60.7 Å². The number of fused-ring (bicyclic) bond motifs is 5. The van der Waals surface area contributed by atoms with Crippen LogP contribution in [0.4, 0.5) is 0 Å². The summed E-state index contributed by atoms with van der Waals surface area (Å²) in [5, 5.41) is 2.99. The Labute approximate surface area is 205 Å². The quantitative estimate of drug-likeness (QED) is 0.295. The first kappa shape index (κ1) is 22.5. The Morgan fingerprint density at radius 1 is 0.571 bits per heavy atom. The molecule has 0 fully saturated rings. The fraction of sp³-hybridized carbons (Fsp3) is 0.125. The Balaban J connectivity index is 0.000000145. The smallest absolute Gasteiger partial charge is 0.346 e. The van der Waals surface area contributed by atoms with Crippen molar-refractivity contribution in [2.24, 2.45) is 0 Å². The van der Waals surface area contributed by atoms with Gasteiger partial charge in [-0.3, -0.25) is 0 Å². The molecule has 172 valence electrons. The molecule has 2 aliphatic rings. The molecule has 4 aromatic rings. The van der Waals surface area contributed by atoms with Gasteiger partial charge in [-0.25, -0.2) is 9.59 Å². The molecular formula is C32H26O3. The normalized spacial score (nSPS) is 12.8. The number of hydrogen-bond donors (Lipinski definition) is 0. The molecule has 0 saturated carbocycles. The predicted octanol–water partition coefficient (Wildman–Crippen LogP) is 5.49. The highest BCUT2D eigenvalue weighted by Crippen LogP contribution is 2.24. The number of benzene rings is 4. The van der Waals surface area contributed by atoms with Crippen LogP contribution in [-0.4, -0.2) is 11.9 Å². The largest absolute Gasteiger partial charge is 0.386 e. The molecule has 0 spiro atoms. The summed E-state index contributed by atoms with van der Waals surface area (Å²) in [5.74, 6) is -1.28. The van der Waals surface area contributed by atoms with Gasteiger partial charge in [0.15, 0.2) is 0 Å². The van der Waals surface area contributed by atoms with Crippen LogP contribution in [0.25, 0.3) is 23.3 Å². The van der Waals surface area contributed by atoms with Crippen molar-refractivity contribution in [1.29, 1.82) is 0 Å². The maximum absolute atomic E-state index is 11.6. The van der Waals surface area contributed by atoms with Crippen LogP contribution in [0.5, 0.6) is 0 Å². The van der Waals surface area contributed by atoms with Crippen molar-refractivity contribution in [2.45, 2.75) is 25.7 Å². The van der Waals surface area contributed by atoms with Crippen LogP contribution in [0.2, 0.25) is 0 Å². The van der Waals surface area contributed by atoms with Crippen molar-refractivity contribution >= 4 is 24.1 Å². The zero-order valence-electron chi connectivity index (χ0n) is 19.4. The molecule has 0 N–H and O–H groups in total. The third-order valence-corrected chi connectivity index (χ3v) is 6.41. The molecule has 0 unspecified atom stereocenters. The van der Waals surface area contributed by atoms with Gasteiger partial charge in [-0.1, -0.05) is 84.9 Å². The lowest BCUT2D eigenvalue weighted by Crippen LogP contribution is -2.33. The lowest BCUT2D eigenvalue weighted by molar-refractivity contribution is 0.0398. The van der Waals surface area contributed by atoms with Gasteiger partial charge < -0.3 is 4.74 Å². The molecule has 6 rings (SSSR count). The van der Waals surface area contributed by atoms with Crippen molar-refractivity contribution in [2.75, 3.05) is 0 Å². The number of hydrogen-bond acceptors (Lipinski definition) is 3. The molecule has 3 nitrogen and oxygen atoms in total. The molecule has 3 heteroatoms.